The average molecular weight is 518 g/mol. The minimum Gasteiger partial charge on any atom is -0.481 e. The Hall–Kier alpha value is -3.46. The smallest absolute Gasteiger partial charge is 0.326 e. The first-order chi connectivity index (χ1) is 16.7. The summed E-state index contributed by atoms with van der Waals surface area (Å²) in [6.45, 7) is 4.83. The highest BCUT2D eigenvalue weighted by Crippen LogP contribution is 2.11. The first-order valence-electron chi connectivity index (χ1n) is 11.6. The summed E-state index contributed by atoms with van der Waals surface area (Å²) in [4.78, 5) is 64.1. The molecule has 0 aliphatic rings. The zero-order chi connectivity index (χ0) is 28.0. The van der Waals surface area contributed by atoms with Crippen molar-refractivity contribution in [3.63, 3.8) is 0 Å². The standard InChI is InChI=1S/C21H39N7O8/c1-4-10(2)15(18(33)26-13(20(35)36)6-5-9-25-21(23)24)27-19(34)16(11(3)29)28-17(32)12(22)7-8-14(30)31/h10-13,15-16,29H,4-9,22H2,1-3H3,(H,26,33)(H,27,34)(H,28,32)(H,30,31)(H,35,36)(H4,23,24,25). The summed E-state index contributed by atoms with van der Waals surface area (Å²) >= 11 is 0. The van der Waals surface area contributed by atoms with E-state index in [1.54, 1.807) is 13.8 Å². The number of aliphatic hydroxyl groups excluding tert-OH is 1. The van der Waals surface area contributed by atoms with Crippen LogP contribution in [0.3, 0.4) is 0 Å². The zero-order valence-corrected chi connectivity index (χ0v) is 20.8. The van der Waals surface area contributed by atoms with Crippen molar-refractivity contribution in [2.75, 3.05) is 6.54 Å². The van der Waals surface area contributed by atoms with Crippen LogP contribution in [0.5, 0.6) is 0 Å². The largest absolute Gasteiger partial charge is 0.481 e. The lowest BCUT2D eigenvalue weighted by Crippen LogP contribution is -2.61. The van der Waals surface area contributed by atoms with Gasteiger partial charge in [-0.1, -0.05) is 20.3 Å². The van der Waals surface area contributed by atoms with Crippen LogP contribution in [0.25, 0.3) is 0 Å². The lowest BCUT2D eigenvalue weighted by molar-refractivity contribution is -0.143. The number of amides is 3. The van der Waals surface area contributed by atoms with Crippen molar-refractivity contribution in [3.8, 4) is 0 Å². The summed E-state index contributed by atoms with van der Waals surface area (Å²) < 4.78 is 0. The van der Waals surface area contributed by atoms with Crippen LogP contribution in [0.4, 0.5) is 0 Å². The number of carbonyl (C=O) groups excluding carboxylic acids is 3. The maximum atomic E-state index is 12.9. The fraction of sp³-hybridized carbons (Fsp3) is 0.714. The molecule has 0 saturated heterocycles. The molecule has 0 aromatic rings. The second-order valence-electron chi connectivity index (χ2n) is 8.49. The van der Waals surface area contributed by atoms with Gasteiger partial charge >= 0.3 is 11.9 Å². The number of hydrogen-bond acceptors (Lipinski definition) is 8. The van der Waals surface area contributed by atoms with Crippen LogP contribution in [0.15, 0.2) is 4.99 Å². The molecule has 0 fully saturated rings. The molecular weight excluding hydrogens is 478 g/mol. The fourth-order valence-electron chi connectivity index (χ4n) is 3.04. The predicted molar refractivity (Wildman–Crippen MR) is 129 cm³/mol. The van der Waals surface area contributed by atoms with E-state index in [2.05, 4.69) is 20.9 Å². The van der Waals surface area contributed by atoms with Gasteiger partial charge in [-0.2, -0.15) is 0 Å². The molecule has 0 rings (SSSR count). The van der Waals surface area contributed by atoms with E-state index in [4.69, 9.17) is 22.3 Å². The Labute approximate surface area is 209 Å². The van der Waals surface area contributed by atoms with Crippen LogP contribution in [0, 0.1) is 5.92 Å². The third-order valence-corrected chi connectivity index (χ3v) is 5.42. The van der Waals surface area contributed by atoms with E-state index in [-0.39, 0.29) is 38.2 Å². The van der Waals surface area contributed by atoms with Crippen molar-refractivity contribution in [2.45, 2.75) is 83.1 Å². The van der Waals surface area contributed by atoms with Crippen LogP contribution in [0.2, 0.25) is 0 Å². The number of aliphatic hydroxyl groups is 1. The van der Waals surface area contributed by atoms with E-state index in [1.165, 1.54) is 6.92 Å². The number of aliphatic imine (C=N–C) groups is 1. The molecule has 0 saturated carbocycles. The van der Waals surface area contributed by atoms with Gasteiger partial charge in [0.25, 0.3) is 0 Å². The highest BCUT2D eigenvalue weighted by Gasteiger charge is 2.34. The molecule has 0 bridgehead atoms. The van der Waals surface area contributed by atoms with Crippen molar-refractivity contribution in [3.05, 3.63) is 0 Å². The molecule has 0 aromatic heterocycles. The molecule has 36 heavy (non-hydrogen) atoms. The maximum absolute atomic E-state index is 12.9. The van der Waals surface area contributed by atoms with E-state index in [9.17, 15) is 34.2 Å². The quantitative estimate of drug-likeness (QED) is 0.0539. The van der Waals surface area contributed by atoms with Crippen molar-refractivity contribution >= 4 is 35.6 Å². The van der Waals surface area contributed by atoms with E-state index < -0.39 is 65.8 Å². The van der Waals surface area contributed by atoms with E-state index in [0.717, 1.165) is 0 Å². The van der Waals surface area contributed by atoms with E-state index in [0.29, 0.717) is 6.42 Å². The Morgan fingerprint density at radius 3 is 1.92 bits per heavy atom. The fourth-order valence-corrected chi connectivity index (χ4v) is 3.04. The molecule has 0 heterocycles. The number of guanidine groups is 1. The van der Waals surface area contributed by atoms with Gasteiger partial charge in [-0.15, -0.1) is 0 Å². The lowest BCUT2D eigenvalue weighted by Gasteiger charge is -2.29. The monoisotopic (exact) mass is 517 g/mol. The highest BCUT2D eigenvalue weighted by atomic mass is 16.4. The number of carboxylic acid groups (broad SMARTS) is 2. The molecule has 3 amide bonds. The Morgan fingerprint density at radius 1 is 0.889 bits per heavy atom. The Bertz CT molecular complexity index is 801. The van der Waals surface area contributed by atoms with Gasteiger partial charge in [-0.25, -0.2) is 4.79 Å². The molecule has 0 spiro atoms. The third-order valence-electron chi connectivity index (χ3n) is 5.42. The van der Waals surface area contributed by atoms with Crippen LogP contribution in [-0.2, 0) is 24.0 Å². The minimum atomic E-state index is -1.50. The van der Waals surface area contributed by atoms with Crippen LogP contribution in [-0.4, -0.2) is 87.8 Å². The van der Waals surface area contributed by atoms with Crippen molar-refractivity contribution in [2.24, 2.45) is 28.1 Å². The number of nitrogens with one attached hydrogen (secondary N) is 3. The Morgan fingerprint density at radius 2 is 1.44 bits per heavy atom. The molecule has 0 aromatic carbocycles. The van der Waals surface area contributed by atoms with E-state index in [1.807, 2.05) is 0 Å². The molecule has 15 nitrogen and oxygen atoms in total. The normalized spacial score (nSPS) is 15.8. The number of carboxylic acids is 2. The van der Waals surface area contributed by atoms with Gasteiger partial charge in [0, 0.05) is 13.0 Å². The summed E-state index contributed by atoms with van der Waals surface area (Å²) in [5.74, 6) is -5.53. The SMILES string of the molecule is CCC(C)C(NC(=O)C(NC(=O)C(N)CCC(=O)O)C(C)O)C(=O)NC(CCCN=C(N)N)C(=O)O. The van der Waals surface area contributed by atoms with Gasteiger partial charge in [0.2, 0.25) is 17.7 Å². The van der Waals surface area contributed by atoms with Gasteiger partial charge < -0.3 is 48.5 Å². The summed E-state index contributed by atoms with van der Waals surface area (Å²) in [6.07, 6.45) is -1.21. The van der Waals surface area contributed by atoms with Crippen LogP contribution in [0.1, 0.15) is 52.9 Å². The van der Waals surface area contributed by atoms with Gasteiger partial charge in [-0.3, -0.25) is 24.2 Å². The summed E-state index contributed by atoms with van der Waals surface area (Å²) in [5.41, 5.74) is 16.1. The molecule has 0 aliphatic heterocycles. The number of aliphatic carboxylic acids is 2. The molecule has 6 unspecified atom stereocenters. The van der Waals surface area contributed by atoms with Gasteiger partial charge in [0.1, 0.15) is 18.1 Å². The first kappa shape index (κ1) is 32.5. The van der Waals surface area contributed by atoms with Crippen molar-refractivity contribution in [1.29, 1.82) is 0 Å². The molecule has 0 radical (unpaired) electrons. The van der Waals surface area contributed by atoms with Crippen molar-refractivity contribution < 1.29 is 39.3 Å². The molecule has 0 aliphatic carbocycles. The van der Waals surface area contributed by atoms with Crippen molar-refractivity contribution in [1.82, 2.24) is 16.0 Å². The van der Waals surface area contributed by atoms with Crippen LogP contribution >= 0.6 is 0 Å². The summed E-state index contributed by atoms with van der Waals surface area (Å²) in [7, 11) is 0. The second-order valence-corrected chi connectivity index (χ2v) is 8.49. The number of rotatable bonds is 17. The number of nitrogens with zero attached hydrogens (tertiary/aromatic N) is 1. The number of hydrogen-bond donors (Lipinski definition) is 9. The van der Waals surface area contributed by atoms with Gasteiger partial charge in [0.05, 0.1) is 12.1 Å². The molecule has 6 atom stereocenters. The molecular formula is C21H39N7O8. The van der Waals surface area contributed by atoms with Gasteiger partial charge in [-0.05, 0) is 32.1 Å². The number of carbonyl (C=O) groups is 5. The molecule has 206 valence electrons. The second kappa shape index (κ2) is 16.3. The summed E-state index contributed by atoms with van der Waals surface area (Å²) in [6, 6.07) is -5.18. The number of nitrogens with two attached hydrogens (primary N) is 3. The van der Waals surface area contributed by atoms with Crippen LogP contribution < -0.4 is 33.2 Å². The Balaban J connectivity index is 5.42. The molecule has 12 N–H and O–H groups in total. The van der Waals surface area contributed by atoms with Gasteiger partial charge in [0.15, 0.2) is 5.96 Å². The lowest BCUT2D eigenvalue weighted by atomic mass is 9.96. The maximum Gasteiger partial charge on any atom is 0.326 e. The molecule has 15 heteroatoms. The Kier molecular flexibility index (Phi) is 14.7. The first-order valence-corrected chi connectivity index (χ1v) is 11.6. The van der Waals surface area contributed by atoms with E-state index >= 15 is 0 Å². The predicted octanol–water partition coefficient (Wildman–Crippen LogP) is -2.80. The summed E-state index contributed by atoms with van der Waals surface area (Å²) in [5, 5.41) is 35.3. The average Bonchev–Trinajstić information content (AvgIpc) is 2.79. The minimum absolute atomic E-state index is 0.0274. The highest BCUT2D eigenvalue weighted by molar-refractivity contribution is 5.94. The third kappa shape index (κ3) is 12.3. The zero-order valence-electron chi connectivity index (χ0n) is 20.8. The topological polar surface area (TPSA) is 273 Å².